The number of hydrogen-bond donors (Lipinski definition) is 2. The molecule has 60 heavy (non-hydrogen) atoms. The molecule has 0 spiro atoms. The maximum atomic E-state index is 12.7. The zero-order chi connectivity index (χ0) is 44.5. The van der Waals surface area contributed by atoms with Crippen molar-refractivity contribution in [3.63, 3.8) is 0 Å². The van der Waals surface area contributed by atoms with E-state index in [1.807, 2.05) is 58.4 Å². The highest BCUT2D eigenvalue weighted by Gasteiger charge is 2.27. The van der Waals surface area contributed by atoms with Crippen LogP contribution < -0.4 is 0 Å². The fraction of sp³-hybridized carbons (Fsp3) is 0.667. The highest BCUT2D eigenvalue weighted by Crippen LogP contribution is 2.43. The second-order valence-electron chi connectivity index (χ2n) is 16.5. The summed E-state index contributed by atoms with van der Waals surface area (Å²) < 4.78 is 40.4. The van der Waals surface area contributed by atoms with Crippen molar-refractivity contribution in [2.75, 3.05) is 47.5 Å². The number of furan rings is 1. The average Bonchev–Trinajstić information content (AvgIpc) is 3.46. The van der Waals surface area contributed by atoms with Crippen LogP contribution in [0.25, 0.3) is 0 Å². The van der Waals surface area contributed by atoms with E-state index in [1.54, 1.807) is 6.08 Å². The minimum Gasteiger partial charge on any atom is -0.466 e. The molecule has 2 N–H and O–H groups in total. The van der Waals surface area contributed by atoms with Crippen molar-refractivity contribution >= 4 is 19.8 Å². The summed E-state index contributed by atoms with van der Waals surface area (Å²) in [6.45, 7) is 8.21. The van der Waals surface area contributed by atoms with Crippen LogP contribution in [0, 0.1) is 13.8 Å². The number of hydrogen-bond acceptors (Lipinski definition) is 9. The van der Waals surface area contributed by atoms with Crippen LogP contribution >= 0.6 is 7.82 Å². The molecule has 12 heteroatoms. The predicted molar refractivity (Wildman–Crippen MR) is 243 cm³/mol. The molecule has 0 saturated carbocycles. The van der Waals surface area contributed by atoms with Crippen LogP contribution in [0.3, 0.4) is 0 Å². The third-order valence-corrected chi connectivity index (χ3v) is 10.9. The number of carbonyl (C=O) groups excluding carboxylic acids is 2. The van der Waals surface area contributed by atoms with E-state index in [9.17, 15) is 24.2 Å². The van der Waals surface area contributed by atoms with E-state index in [2.05, 4.69) is 45.1 Å². The Morgan fingerprint density at radius 2 is 1.28 bits per heavy atom. The molecule has 1 aromatic heterocycles. The molecule has 0 aliphatic heterocycles. The Kier molecular flexibility index (Phi) is 30.7. The summed E-state index contributed by atoms with van der Waals surface area (Å²) in [6.07, 6.45) is 35.0. The number of rotatable bonds is 36. The minimum absolute atomic E-state index is 0.00502. The molecule has 0 aromatic carbocycles. The second kappa shape index (κ2) is 33.6. The van der Waals surface area contributed by atoms with Gasteiger partial charge >= 0.3 is 19.8 Å². The van der Waals surface area contributed by atoms with Crippen LogP contribution in [0.1, 0.15) is 146 Å². The second-order valence-corrected chi connectivity index (χ2v) is 17.9. The third kappa shape index (κ3) is 30.1. The van der Waals surface area contributed by atoms with E-state index in [1.165, 1.54) is 30.4 Å². The highest BCUT2D eigenvalue weighted by molar-refractivity contribution is 7.47. The van der Waals surface area contributed by atoms with Crippen molar-refractivity contribution in [2.24, 2.45) is 0 Å². The van der Waals surface area contributed by atoms with Crippen LogP contribution in [0.15, 0.2) is 65.2 Å². The number of allylic oxidation sites excluding steroid dienone is 9. The lowest BCUT2D eigenvalue weighted by Gasteiger charge is -2.24. The van der Waals surface area contributed by atoms with Gasteiger partial charge in [-0.3, -0.25) is 18.6 Å². The lowest BCUT2D eigenvalue weighted by atomic mass is 10.0. The van der Waals surface area contributed by atoms with E-state index >= 15 is 0 Å². The third-order valence-electron chi connectivity index (χ3n) is 9.89. The lowest BCUT2D eigenvalue weighted by molar-refractivity contribution is -0.870. The molecular formula is C48H81NO10P+. The molecule has 342 valence electrons. The van der Waals surface area contributed by atoms with Gasteiger partial charge in [-0.25, -0.2) is 4.57 Å². The van der Waals surface area contributed by atoms with Crippen LogP contribution in [-0.4, -0.2) is 86.1 Å². The van der Waals surface area contributed by atoms with Gasteiger partial charge in [-0.2, -0.15) is 0 Å². The van der Waals surface area contributed by atoms with Gasteiger partial charge < -0.3 is 28.4 Å². The number of phosphoric acid groups is 1. The van der Waals surface area contributed by atoms with Crippen molar-refractivity contribution in [1.29, 1.82) is 0 Å². The number of likely N-dealkylation sites (N-methyl/N-ethyl adjacent to an activating group) is 1. The molecule has 0 fully saturated rings. The molecule has 0 aliphatic carbocycles. The van der Waals surface area contributed by atoms with Crippen molar-refractivity contribution in [3.8, 4) is 0 Å². The van der Waals surface area contributed by atoms with E-state index in [0.29, 0.717) is 36.7 Å². The highest BCUT2D eigenvalue weighted by atomic mass is 31.2. The monoisotopic (exact) mass is 863 g/mol. The smallest absolute Gasteiger partial charge is 0.466 e. The van der Waals surface area contributed by atoms with Gasteiger partial charge in [-0.1, -0.05) is 113 Å². The molecule has 0 radical (unpaired) electrons. The van der Waals surface area contributed by atoms with Gasteiger partial charge in [0.25, 0.3) is 0 Å². The first-order valence-corrected chi connectivity index (χ1v) is 24.0. The number of nitrogens with zero attached hydrogens (tertiary/aromatic N) is 1. The zero-order valence-electron chi connectivity index (χ0n) is 38.2. The fourth-order valence-corrected chi connectivity index (χ4v) is 6.73. The predicted octanol–water partition coefficient (Wildman–Crippen LogP) is 11.1. The number of ether oxygens (including phenoxy) is 2. The Labute approximate surface area is 363 Å². The number of esters is 2. The van der Waals surface area contributed by atoms with Crippen molar-refractivity contribution < 1.29 is 51.6 Å². The summed E-state index contributed by atoms with van der Waals surface area (Å²) >= 11 is 0. The average molecular weight is 863 g/mol. The number of unbranched alkanes of at least 4 members (excludes halogenated alkanes) is 8. The largest absolute Gasteiger partial charge is 0.472 e. The van der Waals surface area contributed by atoms with Gasteiger partial charge in [0, 0.05) is 25.7 Å². The van der Waals surface area contributed by atoms with Gasteiger partial charge in [-0.05, 0) is 82.8 Å². The quantitative estimate of drug-likeness (QED) is 0.0167. The summed E-state index contributed by atoms with van der Waals surface area (Å²) in [4.78, 5) is 35.5. The summed E-state index contributed by atoms with van der Waals surface area (Å²) in [5.41, 5.74) is 2.62. The standard InChI is InChI=1S/C48H80NO10P/c1-8-32-45-41(3)42(4)46(59-45)34-29-25-21-18-19-22-26-30-35-47(51)55-39-44(40-57-60(53,54)56-38-37-49(5,6)7)58-48(52)36-31-27-23-17-15-13-11-10-12-14-16-20-24-28-33-43(50)9-2/h11-14,17,20,23-24,28,33,43-44,50H,8-10,15-16,18-19,21-22,25-27,29-32,34-40H2,1-7H3/p+1/b13-11-,14-12-,23-17-,24-20-,33-28+/t43-,44-/m1/s1. The number of aliphatic hydroxyl groups excluding tert-OH is 1. The SMILES string of the molecule is CCCc1oc(CCCCCCCCCCC(=O)OC[C@H](COP(=O)(O)OCC[N+](C)(C)C)OC(=O)CCC/C=C\C/C=C\C/C=C\C/C=C\C=C\[C@H](O)CC)c(C)c1C. The van der Waals surface area contributed by atoms with Crippen molar-refractivity contribution in [2.45, 2.75) is 162 Å². The number of aliphatic hydroxyl groups is 1. The van der Waals surface area contributed by atoms with Crippen LogP contribution in [0.4, 0.5) is 0 Å². The van der Waals surface area contributed by atoms with Crippen LogP contribution in [-0.2, 0) is 45.5 Å². The molecule has 3 atom stereocenters. The molecule has 1 rings (SSSR count). The number of carbonyl (C=O) groups is 2. The van der Waals surface area contributed by atoms with Gasteiger partial charge in [0.15, 0.2) is 6.10 Å². The van der Waals surface area contributed by atoms with Gasteiger partial charge in [0.05, 0.1) is 33.9 Å². The molecule has 0 amide bonds. The van der Waals surface area contributed by atoms with Gasteiger partial charge in [-0.15, -0.1) is 0 Å². The Balaban J connectivity index is 2.39. The Bertz CT molecular complexity index is 1500. The van der Waals surface area contributed by atoms with Gasteiger partial charge in [0.2, 0.25) is 0 Å². The molecule has 1 heterocycles. The Hall–Kier alpha value is -3.05. The number of phosphoric ester groups is 1. The van der Waals surface area contributed by atoms with Crippen LogP contribution in [0.2, 0.25) is 0 Å². The van der Waals surface area contributed by atoms with E-state index in [0.717, 1.165) is 75.7 Å². The van der Waals surface area contributed by atoms with Crippen LogP contribution in [0.5, 0.6) is 0 Å². The molecule has 11 nitrogen and oxygen atoms in total. The number of quaternary nitrogens is 1. The molecule has 1 aromatic rings. The van der Waals surface area contributed by atoms with E-state index in [4.69, 9.17) is 22.9 Å². The van der Waals surface area contributed by atoms with Gasteiger partial charge in [0.1, 0.15) is 31.3 Å². The van der Waals surface area contributed by atoms with E-state index in [-0.39, 0.29) is 32.2 Å². The summed E-state index contributed by atoms with van der Waals surface area (Å²) in [5, 5.41) is 9.49. The number of aryl methyl sites for hydroxylation is 2. The lowest BCUT2D eigenvalue weighted by Crippen LogP contribution is -2.37. The fourth-order valence-electron chi connectivity index (χ4n) is 5.99. The van der Waals surface area contributed by atoms with E-state index < -0.39 is 32.5 Å². The first kappa shape index (κ1) is 55.0. The summed E-state index contributed by atoms with van der Waals surface area (Å²) in [7, 11) is 1.39. The van der Waals surface area contributed by atoms with Crippen molar-refractivity contribution in [1.82, 2.24) is 0 Å². The Morgan fingerprint density at radius 3 is 1.90 bits per heavy atom. The first-order valence-electron chi connectivity index (χ1n) is 22.5. The first-order chi connectivity index (χ1) is 28.7. The molecule has 0 bridgehead atoms. The zero-order valence-corrected chi connectivity index (χ0v) is 39.1. The summed E-state index contributed by atoms with van der Waals surface area (Å²) in [5.74, 6) is 1.37. The van der Waals surface area contributed by atoms with Crippen molar-refractivity contribution in [3.05, 3.63) is 83.4 Å². The topological polar surface area (TPSA) is 142 Å². The minimum atomic E-state index is -4.41. The molecule has 1 unspecified atom stereocenters. The maximum Gasteiger partial charge on any atom is 0.472 e. The molecule has 0 saturated heterocycles. The Morgan fingerprint density at radius 1 is 0.717 bits per heavy atom. The summed E-state index contributed by atoms with van der Waals surface area (Å²) in [6, 6.07) is 0. The molecular weight excluding hydrogens is 781 g/mol. The normalized spacial score (nSPS) is 14.6. The molecule has 0 aliphatic rings. The maximum absolute atomic E-state index is 12.7.